The molecule has 0 atom stereocenters. The van der Waals surface area contributed by atoms with Gasteiger partial charge in [-0.3, -0.25) is 4.79 Å². The van der Waals surface area contributed by atoms with E-state index in [0.717, 1.165) is 11.1 Å². The van der Waals surface area contributed by atoms with Crippen LogP contribution in [-0.4, -0.2) is 17.0 Å². The number of anilines is 1. The summed E-state index contributed by atoms with van der Waals surface area (Å²) in [6.07, 6.45) is 0. The van der Waals surface area contributed by atoms with Gasteiger partial charge < -0.3 is 10.4 Å². The van der Waals surface area contributed by atoms with Crippen molar-refractivity contribution >= 4 is 28.9 Å². The molecule has 0 spiro atoms. The number of hydrogen-bond donors (Lipinski definition) is 2. The molecule has 0 fully saturated rings. The minimum atomic E-state index is -1.01. The lowest BCUT2D eigenvalue weighted by Gasteiger charge is -2.09. The lowest BCUT2D eigenvalue weighted by molar-refractivity contribution is 0.0696. The second kappa shape index (κ2) is 5.24. The van der Waals surface area contributed by atoms with Crippen LogP contribution in [0.2, 0.25) is 0 Å². The van der Waals surface area contributed by atoms with Gasteiger partial charge in [0.15, 0.2) is 0 Å². The molecule has 2 N–H and O–H groups in total. The standard InChI is InChI=1S/C14H13NO3S/c1-8-3-4-10(14(17)18)7-11(8)15-13(16)12-9(2)5-6-19-12/h3-7H,1-2H3,(H,15,16)(H,17,18). The first-order valence-electron chi connectivity index (χ1n) is 5.68. The molecule has 0 aliphatic carbocycles. The molecule has 0 bridgehead atoms. The summed E-state index contributed by atoms with van der Waals surface area (Å²) in [6.45, 7) is 3.69. The van der Waals surface area contributed by atoms with E-state index in [1.807, 2.05) is 25.3 Å². The minimum Gasteiger partial charge on any atom is -0.478 e. The SMILES string of the molecule is Cc1ccc(C(=O)O)cc1NC(=O)c1sccc1C. The first-order chi connectivity index (χ1) is 8.99. The van der Waals surface area contributed by atoms with Gasteiger partial charge in [0.2, 0.25) is 0 Å². The summed E-state index contributed by atoms with van der Waals surface area (Å²) in [5, 5.41) is 13.6. The minimum absolute atomic E-state index is 0.156. The van der Waals surface area contributed by atoms with E-state index in [0.29, 0.717) is 10.6 Å². The maximum Gasteiger partial charge on any atom is 0.335 e. The van der Waals surface area contributed by atoms with Crippen LogP contribution in [0.4, 0.5) is 5.69 Å². The lowest BCUT2D eigenvalue weighted by Crippen LogP contribution is -2.13. The second-order valence-corrected chi connectivity index (χ2v) is 5.14. The van der Waals surface area contributed by atoms with Crippen LogP contribution < -0.4 is 5.32 Å². The van der Waals surface area contributed by atoms with Gasteiger partial charge in [-0.15, -0.1) is 11.3 Å². The largest absolute Gasteiger partial charge is 0.478 e. The number of benzene rings is 1. The summed E-state index contributed by atoms with van der Waals surface area (Å²) in [6, 6.07) is 6.54. The van der Waals surface area contributed by atoms with E-state index in [-0.39, 0.29) is 11.5 Å². The monoisotopic (exact) mass is 275 g/mol. The van der Waals surface area contributed by atoms with Gasteiger partial charge in [-0.2, -0.15) is 0 Å². The summed E-state index contributed by atoms with van der Waals surface area (Å²) >= 11 is 1.36. The van der Waals surface area contributed by atoms with Crippen LogP contribution in [0.5, 0.6) is 0 Å². The van der Waals surface area contributed by atoms with Gasteiger partial charge in [0.05, 0.1) is 10.4 Å². The third-order valence-corrected chi connectivity index (χ3v) is 3.82. The van der Waals surface area contributed by atoms with Gasteiger partial charge >= 0.3 is 5.97 Å². The molecule has 0 unspecified atom stereocenters. The third-order valence-electron chi connectivity index (χ3n) is 2.80. The zero-order valence-electron chi connectivity index (χ0n) is 10.6. The van der Waals surface area contributed by atoms with Crippen molar-refractivity contribution in [3.63, 3.8) is 0 Å². The Morgan fingerprint density at radius 1 is 1.16 bits per heavy atom. The van der Waals surface area contributed by atoms with Crippen LogP contribution in [0.25, 0.3) is 0 Å². The van der Waals surface area contributed by atoms with E-state index in [4.69, 9.17) is 5.11 Å². The Bertz CT molecular complexity index is 646. The maximum atomic E-state index is 12.1. The van der Waals surface area contributed by atoms with Gasteiger partial charge in [0, 0.05) is 5.69 Å². The number of aromatic carboxylic acids is 1. The molecule has 0 aliphatic heterocycles. The average Bonchev–Trinajstić information content (AvgIpc) is 2.78. The summed E-state index contributed by atoms with van der Waals surface area (Å²) < 4.78 is 0. The maximum absolute atomic E-state index is 12.1. The summed E-state index contributed by atoms with van der Waals surface area (Å²) in [5.41, 5.74) is 2.42. The Labute approximate surface area is 114 Å². The van der Waals surface area contributed by atoms with Crippen molar-refractivity contribution in [2.45, 2.75) is 13.8 Å². The van der Waals surface area contributed by atoms with E-state index in [1.54, 1.807) is 6.07 Å². The molecule has 0 aliphatic rings. The molecule has 1 aromatic carbocycles. The van der Waals surface area contributed by atoms with Crippen LogP contribution in [0, 0.1) is 13.8 Å². The van der Waals surface area contributed by atoms with E-state index in [1.165, 1.54) is 23.5 Å². The van der Waals surface area contributed by atoms with Crippen LogP contribution in [0.3, 0.4) is 0 Å². The molecule has 4 nitrogen and oxygen atoms in total. The summed E-state index contributed by atoms with van der Waals surface area (Å²) in [4.78, 5) is 23.6. The Morgan fingerprint density at radius 3 is 2.47 bits per heavy atom. The third kappa shape index (κ3) is 2.82. The molecule has 0 saturated carbocycles. The molecule has 0 saturated heterocycles. The molecular formula is C14H13NO3S. The van der Waals surface area contributed by atoms with Gasteiger partial charge in [0.25, 0.3) is 5.91 Å². The van der Waals surface area contributed by atoms with E-state index in [9.17, 15) is 9.59 Å². The fourth-order valence-electron chi connectivity index (χ4n) is 1.67. The number of carbonyl (C=O) groups excluding carboxylic acids is 1. The van der Waals surface area contributed by atoms with E-state index < -0.39 is 5.97 Å². The molecule has 98 valence electrons. The first-order valence-corrected chi connectivity index (χ1v) is 6.56. The highest BCUT2D eigenvalue weighted by atomic mass is 32.1. The fraction of sp³-hybridized carbons (Fsp3) is 0.143. The van der Waals surface area contributed by atoms with Crippen molar-refractivity contribution in [1.29, 1.82) is 0 Å². The number of rotatable bonds is 3. The number of aryl methyl sites for hydroxylation is 2. The number of nitrogens with one attached hydrogen (secondary N) is 1. The van der Waals surface area contributed by atoms with Crippen molar-refractivity contribution in [2.24, 2.45) is 0 Å². The Balaban J connectivity index is 2.28. The van der Waals surface area contributed by atoms with Crippen molar-refractivity contribution in [3.05, 3.63) is 51.2 Å². The summed E-state index contributed by atoms with van der Waals surface area (Å²) in [7, 11) is 0. The highest BCUT2D eigenvalue weighted by molar-refractivity contribution is 7.12. The lowest BCUT2D eigenvalue weighted by atomic mass is 10.1. The van der Waals surface area contributed by atoms with Gasteiger partial charge in [-0.1, -0.05) is 6.07 Å². The normalized spacial score (nSPS) is 10.2. The summed E-state index contributed by atoms with van der Waals surface area (Å²) in [5.74, 6) is -1.22. The van der Waals surface area contributed by atoms with Gasteiger partial charge in [-0.25, -0.2) is 4.79 Å². The van der Waals surface area contributed by atoms with Crippen molar-refractivity contribution in [2.75, 3.05) is 5.32 Å². The zero-order chi connectivity index (χ0) is 14.0. The Kier molecular flexibility index (Phi) is 3.66. The molecule has 1 amide bonds. The number of amides is 1. The van der Waals surface area contributed by atoms with Crippen molar-refractivity contribution < 1.29 is 14.7 Å². The highest BCUT2D eigenvalue weighted by Gasteiger charge is 2.13. The predicted octanol–water partition coefficient (Wildman–Crippen LogP) is 3.32. The zero-order valence-corrected chi connectivity index (χ0v) is 11.4. The second-order valence-electron chi connectivity index (χ2n) is 4.22. The molecule has 1 aromatic heterocycles. The molecular weight excluding hydrogens is 262 g/mol. The number of hydrogen-bond acceptors (Lipinski definition) is 3. The average molecular weight is 275 g/mol. The van der Waals surface area contributed by atoms with Crippen LogP contribution in [-0.2, 0) is 0 Å². The number of carbonyl (C=O) groups is 2. The van der Waals surface area contributed by atoms with Gasteiger partial charge in [0.1, 0.15) is 0 Å². The fourth-order valence-corrected chi connectivity index (χ4v) is 2.49. The molecule has 1 heterocycles. The first kappa shape index (κ1) is 13.3. The van der Waals surface area contributed by atoms with Crippen molar-refractivity contribution in [1.82, 2.24) is 0 Å². The predicted molar refractivity (Wildman–Crippen MR) is 75.1 cm³/mol. The number of thiophene rings is 1. The van der Waals surface area contributed by atoms with Crippen LogP contribution >= 0.6 is 11.3 Å². The smallest absolute Gasteiger partial charge is 0.335 e. The Hall–Kier alpha value is -2.14. The highest BCUT2D eigenvalue weighted by Crippen LogP contribution is 2.21. The number of carboxylic acid groups (broad SMARTS) is 1. The van der Waals surface area contributed by atoms with Gasteiger partial charge in [-0.05, 0) is 48.6 Å². The van der Waals surface area contributed by atoms with Crippen molar-refractivity contribution in [3.8, 4) is 0 Å². The molecule has 0 radical (unpaired) electrons. The molecule has 5 heteroatoms. The Morgan fingerprint density at radius 2 is 1.89 bits per heavy atom. The van der Waals surface area contributed by atoms with Crippen LogP contribution in [0.15, 0.2) is 29.6 Å². The quantitative estimate of drug-likeness (QED) is 0.903. The van der Waals surface area contributed by atoms with E-state index in [2.05, 4.69) is 5.32 Å². The van der Waals surface area contributed by atoms with E-state index >= 15 is 0 Å². The van der Waals surface area contributed by atoms with Crippen LogP contribution in [0.1, 0.15) is 31.2 Å². The molecule has 19 heavy (non-hydrogen) atoms. The molecule has 2 rings (SSSR count). The number of carboxylic acids is 1. The molecule has 2 aromatic rings. The topological polar surface area (TPSA) is 66.4 Å².